The first-order valence-corrected chi connectivity index (χ1v) is 9.22. The molecule has 2 aromatic carbocycles. The van der Waals surface area contributed by atoms with Crippen molar-refractivity contribution in [1.82, 2.24) is 4.90 Å². The van der Waals surface area contributed by atoms with Gasteiger partial charge in [0.2, 0.25) is 0 Å². The van der Waals surface area contributed by atoms with E-state index in [1.807, 2.05) is 4.90 Å². The van der Waals surface area contributed by atoms with Gasteiger partial charge in [-0.1, -0.05) is 35.9 Å². The summed E-state index contributed by atoms with van der Waals surface area (Å²) >= 11 is 5.94. The van der Waals surface area contributed by atoms with Crippen molar-refractivity contribution in [3.05, 3.63) is 59.4 Å². The minimum atomic E-state index is -0.654. The van der Waals surface area contributed by atoms with Crippen LogP contribution in [0, 0.1) is 5.82 Å². The van der Waals surface area contributed by atoms with Crippen LogP contribution in [0.1, 0.15) is 0 Å². The highest BCUT2D eigenvalue weighted by Gasteiger charge is 2.23. The van der Waals surface area contributed by atoms with Crippen molar-refractivity contribution in [2.45, 2.75) is 0 Å². The van der Waals surface area contributed by atoms with Gasteiger partial charge in [0.15, 0.2) is 13.2 Å². The third-order valence-electron chi connectivity index (χ3n) is 4.36. The molecule has 0 spiro atoms. The van der Waals surface area contributed by atoms with E-state index in [9.17, 15) is 14.0 Å². The predicted molar refractivity (Wildman–Crippen MR) is 103 cm³/mol. The molecule has 28 heavy (non-hydrogen) atoms. The zero-order valence-electron chi connectivity index (χ0n) is 15.1. The van der Waals surface area contributed by atoms with Crippen molar-refractivity contribution in [3.8, 4) is 5.75 Å². The Bertz CT molecular complexity index is 840. The summed E-state index contributed by atoms with van der Waals surface area (Å²) in [6.45, 7) is 1.19. The molecule has 0 bridgehead atoms. The summed E-state index contributed by atoms with van der Waals surface area (Å²) in [6.07, 6.45) is 0. The number of nitrogens with zero attached hydrogens (tertiary/aromatic N) is 2. The van der Waals surface area contributed by atoms with Crippen LogP contribution in [0.25, 0.3) is 0 Å². The van der Waals surface area contributed by atoms with E-state index in [1.54, 1.807) is 47.4 Å². The fourth-order valence-corrected chi connectivity index (χ4v) is 3.07. The van der Waals surface area contributed by atoms with Crippen molar-refractivity contribution in [3.63, 3.8) is 0 Å². The van der Waals surface area contributed by atoms with Crippen LogP contribution in [-0.2, 0) is 14.3 Å². The number of esters is 1. The van der Waals surface area contributed by atoms with Crippen molar-refractivity contribution in [2.24, 2.45) is 0 Å². The molecule has 0 unspecified atom stereocenters. The maximum atomic E-state index is 13.9. The van der Waals surface area contributed by atoms with Crippen molar-refractivity contribution in [2.75, 3.05) is 44.3 Å². The van der Waals surface area contributed by atoms with Gasteiger partial charge in [-0.2, -0.15) is 0 Å². The van der Waals surface area contributed by atoms with Crippen LogP contribution in [0.5, 0.6) is 5.75 Å². The van der Waals surface area contributed by atoms with Crippen LogP contribution < -0.4 is 9.64 Å². The van der Waals surface area contributed by atoms with E-state index in [-0.39, 0.29) is 24.9 Å². The quantitative estimate of drug-likeness (QED) is 0.690. The standard InChI is InChI=1S/C20H20ClFN2O4/c21-15-5-1-4-8-18(15)27-14-20(26)28-13-19(25)24-11-9-23(10-12-24)17-7-3-2-6-16(17)22/h1-8H,9-14H2. The van der Waals surface area contributed by atoms with E-state index >= 15 is 0 Å². The smallest absolute Gasteiger partial charge is 0.344 e. The van der Waals surface area contributed by atoms with Crippen LogP contribution >= 0.6 is 11.6 Å². The Kier molecular flexibility index (Phi) is 6.71. The van der Waals surface area contributed by atoms with Crippen LogP contribution in [0.15, 0.2) is 48.5 Å². The number of carbonyl (C=O) groups excluding carboxylic acids is 2. The molecule has 148 valence electrons. The molecule has 1 saturated heterocycles. The molecular weight excluding hydrogens is 387 g/mol. The highest BCUT2D eigenvalue weighted by molar-refractivity contribution is 6.32. The topological polar surface area (TPSA) is 59.1 Å². The molecule has 1 amide bonds. The fourth-order valence-electron chi connectivity index (χ4n) is 2.88. The number of rotatable bonds is 6. The normalized spacial score (nSPS) is 13.9. The van der Waals surface area contributed by atoms with Gasteiger partial charge >= 0.3 is 5.97 Å². The predicted octanol–water partition coefficient (Wildman–Crippen LogP) is 2.75. The lowest BCUT2D eigenvalue weighted by Crippen LogP contribution is -2.50. The molecular formula is C20H20ClFN2O4. The van der Waals surface area contributed by atoms with Gasteiger partial charge in [0.1, 0.15) is 11.6 Å². The Hall–Kier alpha value is -2.80. The second kappa shape index (κ2) is 9.41. The first-order chi connectivity index (χ1) is 13.5. The van der Waals surface area contributed by atoms with Crippen LogP contribution in [0.2, 0.25) is 5.02 Å². The lowest BCUT2D eigenvalue weighted by Gasteiger charge is -2.36. The number of amides is 1. The summed E-state index contributed by atoms with van der Waals surface area (Å²) in [6, 6.07) is 13.3. The first-order valence-electron chi connectivity index (χ1n) is 8.85. The number of piperazine rings is 1. The monoisotopic (exact) mass is 406 g/mol. The van der Waals surface area contributed by atoms with Crippen molar-refractivity contribution >= 4 is 29.2 Å². The van der Waals surface area contributed by atoms with E-state index in [1.165, 1.54) is 6.07 Å². The third-order valence-corrected chi connectivity index (χ3v) is 4.68. The van der Waals surface area contributed by atoms with E-state index in [2.05, 4.69) is 0 Å². The van der Waals surface area contributed by atoms with E-state index < -0.39 is 5.97 Å². The summed E-state index contributed by atoms with van der Waals surface area (Å²) in [7, 11) is 0. The maximum Gasteiger partial charge on any atom is 0.344 e. The largest absolute Gasteiger partial charge is 0.480 e. The second-order valence-electron chi connectivity index (χ2n) is 6.20. The molecule has 2 aromatic rings. The number of hydrogen-bond acceptors (Lipinski definition) is 5. The molecule has 6 nitrogen and oxygen atoms in total. The highest BCUT2D eigenvalue weighted by Crippen LogP contribution is 2.23. The molecule has 0 aromatic heterocycles. The van der Waals surface area contributed by atoms with Gasteiger partial charge in [-0.15, -0.1) is 0 Å². The molecule has 8 heteroatoms. The zero-order chi connectivity index (χ0) is 19.9. The summed E-state index contributed by atoms with van der Waals surface area (Å²) < 4.78 is 24.1. The van der Waals surface area contributed by atoms with Crippen LogP contribution in [0.4, 0.5) is 10.1 Å². The Labute approximate surface area is 167 Å². The van der Waals surface area contributed by atoms with E-state index in [4.69, 9.17) is 21.1 Å². The summed E-state index contributed by atoms with van der Waals surface area (Å²) in [5.41, 5.74) is 0.526. The Morgan fingerprint density at radius 1 is 0.964 bits per heavy atom. The summed E-state index contributed by atoms with van der Waals surface area (Å²) in [5, 5.41) is 0.388. The Morgan fingerprint density at radius 2 is 1.64 bits per heavy atom. The van der Waals surface area contributed by atoms with Gasteiger partial charge in [0.05, 0.1) is 10.7 Å². The first kappa shape index (κ1) is 19.9. The van der Waals surface area contributed by atoms with Gasteiger partial charge in [-0.3, -0.25) is 4.79 Å². The van der Waals surface area contributed by atoms with Crippen molar-refractivity contribution in [1.29, 1.82) is 0 Å². The van der Waals surface area contributed by atoms with Gasteiger partial charge in [0, 0.05) is 26.2 Å². The molecule has 1 heterocycles. The van der Waals surface area contributed by atoms with Gasteiger partial charge in [-0.25, -0.2) is 9.18 Å². The van der Waals surface area contributed by atoms with Gasteiger partial charge in [0.25, 0.3) is 5.91 Å². The van der Waals surface area contributed by atoms with E-state index in [0.29, 0.717) is 42.6 Å². The minimum Gasteiger partial charge on any atom is -0.480 e. The molecule has 1 fully saturated rings. The zero-order valence-corrected chi connectivity index (χ0v) is 15.9. The maximum absolute atomic E-state index is 13.9. The van der Waals surface area contributed by atoms with Crippen LogP contribution in [-0.4, -0.2) is 56.2 Å². The van der Waals surface area contributed by atoms with Gasteiger partial charge in [-0.05, 0) is 24.3 Å². The second-order valence-corrected chi connectivity index (χ2v) is 6.61. The average molecular weight is 407 g/mol. The summed E-state index contributed by atoms with van der Waals surface area (Å²) in [4.78, 5) is 27.5. The average Bonchev–Trinajstić information content (AvgIpc) is 2.72. The lowest BCUT2D eigenvalue weighted by molar-refractivity contribution is -0.153. The van der Waals surface area contributed by atoms with E-state index in [0.717, 1.165) is 0 Å². The third kappa shape index (κ3) is 5.13. The Morgan fingerprint density at radius 3 is 2.36 bits per heavy atom. The number of ether oxygens (including phenoxy) is 2. The number of halogens is 2. The Balaban J connectivity index is 1.40. The molecule has 3 rings (SSSR count). The molecule has 0 saturated carbocycles. The van der Waals surface area contributed by atoms with Crippen LogP contribution in [0.3, 0.4) is 0 Å². The van der Waals surface area contributed by atoms with Crippen molar-refractivity contribution < 1.29 is 23.5 Å². The molecule has 1 aliphatic heterocycles. The highest BCUT2D eigenvalue weighted by atomic mass is 35.5. The fraction of sp³-hybridized carbons (Fsp3) is 0.300. The van der Waals surface area contributed by atoms with Gasteiger partial charge < -0.3 is 19.3 Å². The number of benzene rings is 2. The number of anilines is 1. The SMILES string of the molecule is O=C(COc1ccccc1Cl)OCC(=O)N1CCN(c2ccccc2F)CC1. The summed E-state index contributed by atoms with van der Waals surface area (Å²) in [5.74, 6) is -0.857. The lowest BCUT2D eigenvalue weighted by atomic mass is 10.2. The molecule has 0 atom stereocenters. The molecule has 1 aliphatic rings. The molecule has 0 aliphatic carbocycles. The number of para-hydroxylation sites is 2. The molecule has 0 N–H and O–H groups in total. The minimum absolute atomic E-state index is 0.283. The molecule has 0 radical (unpaired) electrons. The number of hydrogen-bond donors (Lipinski definition) is 0. The number of carbonyl (C=O) groups is 2.